The van der Waals surface area contributed by atoms with Crippen molar-refractivity contribution < 1.29 is 15.0 Å². The number of aryl methyl sites for hydroxylation is 1. The molecule has 116 valence electrons. The summed E-state index contributed by atoms with van der Waals surface area (Å²) in [6.45, 7) is 2.77. The summed E-state index contributed by atoms with van der Waals surface area (Å²) in [5.41, 5.74) is 2.21. The van der Waals surface area contributed by atoms with Crippen molar-refractivity contribution in [2.24, 2.45) is 4.99 Å². The van der Waals surface area contributed by atoms with E-state index in [0.29, 0.717) is 5.96 Å². The molecule has 11 heteroatoms. The van der Waals surface area contributed by atoms with Gasteiger partial charge in [-0.1, -0.05) is 0 Å². The fourth-order valence-electron chi connectivity index (χ4n) is 1.18. The Kier molecular flexibility index (Phi) is 14.7. The summed E-state index contributed by atoms with van der Waals surface area (Å²) in [5, 5.41) is 30.6. The number of nitriles is 1. The third-order valence-corrected chi connectivity index (χ3v) is 3.08. The average molecular weight is 337 g/mol. The number of imidazole rings is 1. The Labute approximate surface area is 148 Å². The van der Waals surface area contributed by atoms with Crippen LogP contribution in [-0.4, -0.2) is 64.5 Å². The van der Waals surface area contributed by atoms with Gasteiger partial charge in [-0.3, -0.25) is 10.3 Å². The second kappa shape index (κ2) is 14.3. The first-order valence-electron chi connectivity index (χ1n) is 5.81. The third-order valence-electron chi connectivity index (χ3n) is 2.11. The van der Waals surface area contributed by atoms with E-state index in [0.717, 1.165) is 29.4 Å². The Hall–Kier alpha value is -1.64. The van der Waals surface area contributed by atoms with Crippen LogP contribution in [0.5, 0.6) is 0 Å². The average Bonchev–Trinajstić information content (AvgIpc) is 2.82. The fraction of sp³-hybridized carbons (Fsp3) is 0.455. The largest absolute Gasteiger partial charge is 2.00 e. The van der Waals surface area contributed by atoms with Crippen molar-refractivity contribution in [2.45, 2.75) is 12.7 Å². The number of rotatable bonds is 5. The Balaban J connectivity index is 0. The number of nitrogens with one attached hydrogen (secondary N) is 3. The molecule has 1 aromatic rings. The maximum absolute atomic E-state index is 8.43. The van der Waals surface area contributed by atoms with E-state index in [9.17, 15) is 0 Å². The van der Waals surface area contributed by atoms with Gasteiger partial charge in [0.05, 0.1) is 12.0 Å². The van der Waals surface area contributed by atoms with E-state index in [4.69, 9.17) is 20.3 Å². The van der Waals surface area contributed by atoms with Gasteiger partial charge in [0.25, 0.3) is 0 Å². The standard InChI is InChI=1S/C10H16N6S.CH2O3.Mg/c1-8-9(16-7-15-8)5-17-4-3-13-10(12-2)14-6-11;2-1(3)4;/h7H,3-5H2,1-2H3,(H,15,16)(H2,12,13,14);(H2,2,3,4);/q;;+2/p-2. The summed E-state index contributed by atoms with van der Waals surface area (Å²) in [5.74, 6) is 2.32. The minimum Gasteiger partial charge on any atom is -0.652 e. The predicted molar refractivity (Wildman–Crippen MR) is 80.7 cm³/mol. The molecule has 1 heterocycles. The normalized spacial score (nSPS) is 9.59. The number of guanidine groups is 1. The summed E-state index contributed by atoms with van der Waals surface area (Å²) in [7, 11) is 1.63. The zero-order valence-electron chi connectivity index (χ0n) is 12.4. The van der Waals surface area contributed by atoms with Crippen LogP contribution in [0.1, 0.15) is 11.4 Å². The van der Waals surface area contributed by atoms with Crippen molar-refractivity contribution in [2.75, 3.05) is 19.3 Å². The summed E-state index contributed by atoms with van der Waals surface area (Å²) >= 11 is 1.79. The maximum Gasteiger partial charge on any atom is 2.00 e. The van der Waals surface area contributed by atoms with Gasteiger partial charge in [0.2, 0.25) is 5.96 Å². The third kappa shape index (κ3) is 12.1. The van der Waals surface area contributed by atoms with Crippen LogP contribution in [0.25, 0.3) is 0 Å². The fourth-order valence-corrected chi connectivity index (χ4v) is 2.05. The van der Waals surface area contributed by atoms with E-state index in [1.165, 1.54) is 0 Å². The molecule has 0 amide bonds. The van der Waals surface area contributed by atoms with Crippen molar-refractivity contribution >= 4 is 46.9 Å². The first kappa shape index (κ1) is 22.6. The van der Waals surface area contributed by atoms with Crippen LogP contribution in [0.4, 0.5) is 4.79 Å². The maximum atomic E-state index is 8.43. The number of thioether (sulfide) groups is 1. The number of carbonyl (C=O) groups is 1. The second-order valence-electron chi connectivity index (χ2n) is 3.51. The number of aliphatic imine (C=N–C) groups is 1. The molecule has 0 unspecified atom stereocenters. The Morgan fingerprint density at radius 3 is 2.68 bits per heavy atom. The molecule has 1 aromatic heterocycles. The van der Waals surface area contributed by atoms with Gasteiger partial charge in [0.15, 0.2) is 6.19 Å². The second-order valence-corrected chi connectivity index (χ2v) is 4.62. The van der Waals surface area contributed by atoms with E-state index in [1.54, 1.807) is 25.1 Å². The van der Waals surface area contributed by atoms with Crippen molar-refractivity contribution in [3.8, 4) is 6.19 Å². The molecule has 0 bridgehead atoms. The number of hydrogen-bond donors (Lipinski definition) is 3. The molecule has 0 aromatic carbocycles. The molecular formula is C11H16MgN6O3S. The first-order valence-corrected chi connectivity index (χ1v) is 6.97. The van der Waals surface area contributed by atoms with Gasteiger partial charge in [-0.25, -0.2) is 4.98 Å². The van der Waals surface area contributed by atoms with Gasteiger partial charge in [0, 0.05) is 30.8 Å². The monoisotopic (exact) mass is 336 g/mol. The van der Waals surface area contributed by atoms with Crippen LogP contribution in [0.2, 0.25) is 0 Å². The quantitative estimate of drug-likeness (QED) is 0.136. The van der Waals surface area contributed by atoms with E-state index in [2.05, 4.69) is 25.6 Å². The zero-order chi connectivity index (χ0) is 16.1. The molecule has 22 heavy (non-hydrogen) atoms. The van der Waals surface area contributed by atoms with Gasteiger partial charge in [-0.15, -0.1) is 0 Å². The van der Waals surface area contributed by atoms with E-state index in [1.807, 2.05) is 13.1 Å². The van der Waals surface area contributed by atoms with E-state index >= 15 is 0 Å². The summed E-state index contributed by atoms with van der Waals surface area (Å²) in [6.07, 6.45) is 1.20. The van der Waals surface area contributed by atoms with Crippen molar-refractivity contribution in [3.63, 3.8) is 0 Å². The smallest absolute Gasteiger partial charge is 0.652 e. The van der Waals surface area contributed by atoms with Crippen molar-refractivity contribution in [3.05, 3.63) is 17.7 Å². The minimum absolute atomic E-state index is 0. The van der Waals surface area contributed by atoms with Gasteiger partial charge in [0.1, 0.15) is 0 Å². The number of H-pyrrole nitrogens is 1. The molecule has 0 atom stereocenters. The molecule has 3 N–H and O–H groups in total. The van der Waals surface area contributed by atoms with E-state index in [-0.39, 0.29) is 23.1 Å². The van der Waals surface area contributed by atoms with Crippen molar-refractivity contribution in [1.29, 1.82) is 5.26 Å². The van der Waals surface area contributed by atoms with Gasteiger partial charge in [-0.05, 0) is 13.1 Å². The molecule has 0 spiro atoms. The molecule has 0 aliphatic carbocycles. The summed E-state index contributed by atoms with van der Waals surface area (Å²) in [4.78, 5) is 19.5. The SMILES string of the molecule is CN=C(NC#N)NCCSCc1nc[nH]c1C.O=C([O-])[O-].[Mg+2]. The number of hydrogen-bond acceptors (Lipinski definition) is 7. The Morgan fingerprint density at radius 1 is 1.59 bits per heavy atom. The van der Waals surface area contributed by atoms with Crippen LogP contribution in [-0.2, 0) is 5.75 Å². The summed E-state index contributed by atoms with van der Waals surface area (Å²) < 4.78 is 0. The number of carbonyl (C=O) groups excluding carboxylic acids is 1. The molecular weight excluding hydrogens is 321 g/mol. The molecule has 1 rings (SSSR count). The topological polar surface area (TPSA) is 152 Å². The van der Waals surface area contributed by atoms with Crippen LogP contribution in [0.15, 0.2) is 11.3 Å². The molecule has 0 aliphatic heterocycles. The molecule has 0 saturated heterocycles. The Bertz CT molecular complexity index is 498. The van der Waals surface area contributed by atoms with Gasteiger partial charge < -0.3 is 25.3 Å². The van der Waals surface area contributed by atoms with Gasteiger partial charge >= 0.3 is 23.1 Å². The number of nitrogens with zero attached hydrogens (tertiary/aromatic N) is 3. The van der Waals surface area contributed by atoms with E-state index < -0.39 is 6.16 Å². The first-order chi connectivity index (χ1) is 10.0. The van der Waals surface area contributed by atoms with Gasteiger partial charge in [-0.2, -0.15) is 17.0 Å². The van der Waals surface area contributed by atoms with Crippen LogP contribution >= 0.6 is 11.8 Å². The molecule has 9 nitrogen and oxygen atoms in total. The summed E-state index contributed by atoms with van der Waals surface area (Å²) in [6, 6.07) is 0. The van der Waals surface area contributed by atoms with Crippen molar-refractivity contribution in [1.82, 2.24) is 20.6 Å². The zero-order valence-corrected chi connectivity index (χ0v) is 14.6. The number of aromatic amines is 1. The Morgan fingerprint density at radius 2 is 2.23 bits per heavy atom. The van der Waals surface area contributed by atoms with Crippen LogP contribution in [0, 0.1) is 18.4 Å². The molecule has 0 aliphatic rings. The molecule has 0 fully saturated rings. The molecule has 0 saturated carbocycles. The predicted octanol–water partition coefficient (Wildman–Crippen LogP) is -2.23. The van der Waals surface area contributed by atoms with Crippen LogP contribution < -0.4 is 20.8 Å². The van der Waals surface area contributed by atoms with Crippen LogP contribution in [0.3, 0.4) is 0 Å². The molecule has 0 radical (unpaired) electrons. The number of aromatic nitrogens is 2. The minimum atomic E-state index is -2.33. The number of carboxylic acid groups (broad SMARTS) is 2.